The summed E-state index contributed by atoms with van der Waals surface area (Å²) in [4.78, 5) is 12.9. The van der Waals surface area contributed by atoms with Crippen molar-refractivity contribution in [2.45, 2.75) is 32.6 Å². The molecule has 0 saturated carbocycles. The molecule has 2 N–H and O–H groups in total. The minimum absolute atomic E-state index is 0.0166. The quantitative estimate of drug-likeness (QED) is 0.270. The van der Waals surface area contributed by atoms with Crippen molar-refractivity contribution in [3.8, 4) is 34.8 Å². The van der Waals surface area contributed by atoms with Gasteiger partial charge in [-0.1, -0.05) is 38.1 Å². The molecule has 0 bridgehead atoms. The van der Waals surface area contributed by atoms with E-state index in [0.717, 1.165) is 18.4 Å². The normalized spacial score (nSPS) is 14.1. The molecule has 0 radical (unpaired) electrons. The van der Waals surface area contributed by atoms with E-state index in [4.69, 9.17) is 29.4 Å². The topological polar surface area (TPSA) is 113 Å². The number of esters is 1. The first-order valence-corrected chi connectivity index (χ1v) is 12.5. The predicted molar refractivity (Wildman–Crippen MR) is 142 cm³/mol. The first kappa shape index (κ1) is 26.4. The second kappa shape index (κ2) is 12.1. The number of para-hydroxylation sites is 1. The summed E-state index contributed by atoms with van der Waals surface area (Å²) in [6.07, 6.45) is 1.67. The third kappa shape index (κ3) is 5.52. The lowest BCUT2D eigenvalue weighted by atomic mass is 9.83. The van der Waals surface area contributed by atoms with E-state index in [2.05, 4.69) is 6.07 Å². The van der Waals surface area contributed by atoms with Crippen LogP contribution in [-0.2, 0) is 0 Å². The third-order valence-corrected chi connectivity index (χ3v) is 5.95. The Morgan fingerprint density at radius 1 is 0.974 bits per heavy atom. The number of fused-ring (bicyclic) bond motifs is 1. The Balaban J connectivity index is 1.66. The summed E-state index contributed by atoms with van der Waals surface area (Å²) in [7, 11) is 1.57. The summed E-state index contributed by atoms with van der Waals surface area (Å²) in [6.45, 7) is 5.06. The van der Waals surface area contributed by atoms with Gasteiger partial charge in [-0.05, 0) is 48.7 Å². The lowest BCUT2D eigenvalue weighted by Crippen LogP contribution is -2.21. The zero-order chi connectivity index (χ0) is 27.1. The summed E-state index contributed by atoms with van der Waals surface area (Å²) in [5.41, 5.74) is 8.23. The highest BCUT2D eigenvalue weighted by Gasteiger charge is 2.32. The van der Waals surface area contributed by atoms with Crippen molar-refractivity contribution in [3.05, 3.63) is 88.8 Å². The van der Waals surface area contributed by atoms with Crippen molar-refractivity contribution in [2.75, 3.05) is 20.3 Å². The van der Waals surface area contributed by atoms with Gasteiger partial charge in [0.2, 0.25) is 5.88 Å². The van der Waals surface area contributed by atoms with E-state index in [9.17, 15) is 10.1 Å². The molecule has 0 spiro atoms. The van der Waals surface area contributed by atoms with Crippen LogP contribution >= 0.6 is 0 Å². The Morgan fingerprint density at radius 3 is 2.42 bits per heavy atom. The maximum atomic E-state index is 12.9. The van der Waals surface area contributed by atoms with Crippen molar-refractivity contribution in [1.82, 2.24) is 0 Å². The Kier molecular flexibility index (Phi) is 8.39. The van der Waals surface area contributed by atoms with Crippen LogP contribution in [0.2, 0.25) is 0 Å². The smallest absolute Gasteiger partial charge is 0.347 e. The standard InChI is InChI=1S/C30H30N2O6/c1-4-14-35-24-9-7-6-8-22(24)30(33)37-20-11-12-21-26(17-20)38-29(32)23(18-31)28(21)19-10-13-25(36-15-5-2)27(16-19)34-3/h6-13,16-17,28H,4-5,14-15,32H2,1-3H3. The predicted octanol–water partition coefficient (Wildman–Crippen LogP) is 5.71. The van der Waals surface area contributed by atoms with Crippen molar-refractivity contribution in [1.29, 1.82) is 5.26 Å². The zero-order valence-corrected chi connectivity index (χ0v) is 21.7. The lowest BCUT2D eigenvalue weighted by molar-refractivity contribution is 0.0730. The van der Waals surface area contributed by atoms with Gasteiger partial charge in [-0.2, -0.15) is 5.26 Å². The van der Waals surface area contributed by atoms with Gasteiger partial charge in [-0.15, -0.1) is 0 Å². The Morgan fingerprint density at radius 2 is 1.71 bits per heavy atom. The monoisotopic (exact) mass is 514 g/mol. The highest BCUT2D eigenvalue weighted by atomic mass is 16.5. The number of hydrogen-bond acceptors (Lipinski definition) is 8. The summed E-state index contributed by atoms with van der Waals surface area (Å²) in [5, 5.41) is 9.90. The van der Waals surface area contributed by atoms with Gasteiger partial charge in [0.05, 0.1) is 26.2 Å². The van der Waals surface area contributed by atoms with E-state index in [-0.39, 0.29) is 17.2 Å². The summed E-state index contributed by atoms with van der Waals surface area (Å²) < 4.78 is 28.4. The number of benzene rings is 3. The van der Waals surface area contributed by atoms with Crippen molar-refractivity contribution < 1.29 is 28.5 Å². The van der Waals surface area contributed by atoms with Crippen molar-refractivity contribution >= 4 is 5.97 Å². The van der Waals surface area contributed by atoms with Gasteiger partial charge >= 0.3 is 5.97 Å². The number of allylic oxidation sites excluding steroid dienone is 1. The number of nitriles is 1. The number of nitrogens with two attached hydrogens (primary N) is 1. The summed E-state index contributed by atoms with van der Waals surface area (Å²) >= 11 is 0. The van der Waals surface area contributed by atoms with Gasteiger partial charge in [-0.25, -0.2) is 4.79 Å². The molecule has 3 aromatic carbocycles. The fourth-order valence-electron chi connectivity index (χ4n) is 4.17. The highest BCUT2D eigenvalue weighted by Crippen LogP contribution is 2.45. The van der Waals surface area contributed by atoms with Gasteiger partial charge in [0.1, 0.15) is 34.5 Å². The van der Waals surface area contributed by atoms with E-state index in [1.54, 1.807) is 49.6 Å². The SMILES string of the molecule is CCCOc1ccc(C2C(C#N)=C(N)Oc3cc(OC(=O)c4ccccc4OCCC)ccc32)cc1OC. The molecule has 0 fully saturated rings. The van der Waals surface area contributed by atoms with Crippen LogP contribution in [0.15, 0.2) is 72.1 Å². The molecule has 1 unspecified atom stereocenters. The van der Waals surface area contributed by atoms with Gasteiger partial charge in [0, 0.05) is 11.6 Å². The van der Waals surface area contributed by atoms with E-state index in [1.165, 1.54) is 0 Å². The largest absolute Gasteiger partial charge is 0.493 e. The van der Waals surface area contributed by atoms with Crippen LogP contribution in [0.25, 0.3) is 0 Å². The number of ether oxygens (including phenoxy) is 5. The van der Waals surface area contributed by atoms with Crippen LogP contribution in [0.3, 0.4) is 0 Å². The molecule has 8 heteroatoms. The second-order valence-electron chi connectivity index (χ2n) is 8.62. The molecular weight excluding hydrogens is 484 g/mol. The van der Waals surface area contributed by atoms with Crippen LogP contribution in [-0.4, -0.2) is 26.3 Å². The van der Waals surface area contributed by atoms with Crippen molar-refractivity contribution in [2.24, 2.45) is 5.73 Å². The number of carbonyl (C=O) groups excluding carboxylic acids is 1. The van der Waals surface area contributed by atoms with Gasteiger partial charge in [-0.3, -0.25) is 0 Å². The van der Waals surface area contributed by atoms with E-state index in [0.29, 0.717) is 47.3 Å². The maximum absolute atomic E-state index is 12.9. The molecule has 196 valence electrons. The molecular formula is C30H30N2O6. The molecule has 38 heavy (non-hydrogen) atoms. The first-order chi connectivity index (χ1) is 18.5. The number of hydrogen-bond donors (Lipinski definition) is 1. The third-order valence-electron chi connectivity index (χ3n) is 5.95. The van der Waals surface area contributed by atoms with E-state index >= 15 is 0 Å². The molecule has 1 heterocycles. The molecule has 3 aromatic rings. The van der Waals surface area contributed by atoms with Crippen molar-refractivity contribution in [3.63, 3.8) is 0 Å². The number of carbonyl (C=O) groups is 1. The minimum atomic E-state index is -0.558. The Bertz CT molecular complexity index is 1390. The minimum Gasteiger partial charge on any atom is -0.493 e. The van der Waals surface area contributed by atoms with Crippen LogP contribution in [0.4, 0.5) is 0 Å². The zero-order valence-electron chi connectivity index (χ0n) is 21.7. The molecule has 0 amide bonds. The summed E-state index contributed by atoms with van der Waals surface area (Å²) in [6, 6.07) is 19.6. The molecule has 0 aliphatic carbocycles. The van der Waals surface area contributed by atoms with Crippen LogP contribution in [0.5, 0.6) is 28.7 Å². The first-order valence-electron chi connectivity index (χ1n) is 12.5. The number of rotatable bonds is 10. The molecule has 0 aromatic heterocycles. The Labute approximate surface area is 222 Å². The lowest BCUT2D eigenvalue weighted by Gasteiger charge is -2.27. The highest BCUT2D eigenvalue weighted by molar-refractivity contribution is 5.94. The van der Waals surface area contributed by atoms with Gasteiger partial charge in [0.15, 0.2) is 11.5 Å². The van der Waals surface area contributed by atoms with Gasteiger partial charge in [0.25, 0.3) is 0 Å². The summed E-state index contributed by atoms with van der Waals surface area (Å²) in [5.74, 6) is 1.20. The average Bonchev–Trinajstić information content (AvgIpc) is 2.94. The van der Waals surface area contributed by atoms with E-state index < -0.39 is 11.9 Å². The molecule has 4 rings (SSSR count). The molecule has 8 nitrogen and oxygen atoms in total. The average molecular weight is 515 g/mol. The molecule has 1 aliphatic rings. The number of methoxy groups -OCH3 is 1. The van der Waals surface area contributed by atoms with Crippen LogP contribution in [0.1, 0.15) is 54.1 Å². The van der Waals surface area contributed by atoms with Crippen LogP contribution in [0, 0.1) is 11.3 Å². The fraction of sp³-hybridized carbons (Fsp3) is 0.267. The maximum Gasteiger partial charge on any atom is 0.347 e. The molecule has 0 saturated heterocycles. The Hall–Kier alpha value is -4.64. The molecule has 1 atom stereocenters. The van der Waals surface area contributed by atoms with Gasteiger partial charge < -0.3 is 29.4 Å². The fourth-order valence-corrected chi connectivity index (χ4v) is 4.17. The molecule has 1 aliphatic heterocycles. The van der Waals surface area contributed by atoms with E-state index in [1.807, 2.05) is 32.0 Å². The van der Waals surface area contributed by atoms with Crippen LogP contribution < -0.4 is 29.4 Å². The number of nitrogens with zero attached hydrogens (tertiary/aromatic N) is 1. The second-order valence-corrected chi connectivity index (χ2v) is 8.62.